The highest BCUT2D eigenvalue weighted by molar-refractivity contribution is 5.47. The van der Waals surface area contributed by atoms with E-state index in [9.17, 15) is 0 Å². The van der Waals surface area contributed by atoms with Gasteiger partial charge in [-0.2, -0.15) is 5.10 Å². The standard InChI is InChI=1S/C12H19N5/c1-3-13-8-10-16(4-2)11-6-9-17-12(15-11)5-7-14-17/h5-7,9,13H,3-4,8,10H2,1-2H3. The minimum Gasteiger partial charge on any atom is -0.356 e. The van der Waals surface area contributed by atoms with Crippen LogP contribution in [0.5, 0.6) is 0 Å². The van der Waals surface area contributed by atoms with E-state index in [-0.39, 0.29) is 0 Å². The molecule has 1 N–H and O–H groups in total. The third-order valence-corrected chi connectivity index (χ3v) is 2.76. The van der Waals surface area contributed by atoms with Crippen molar-refractivity contribution >= 4 is 11.5 Å². The lowest BCUT2D eigenvalue weighted by Crippen LogP contribution is -2.32. The number of anilines is 1. The Morgan fingerprint density at radius 2 is 2.24 bits per heavy atom. The fraction of sp³-hybridized carbons (Fsp3) is 0.500. The highest BCUT2D eigenvalue weighted by Gasteiger charge is 2.06. The van der Waals surface area contributed by atoms with Crippen LogP contribution in [0.4, 0.5) is 5.82 Å². The highest BCUT2D eigenvalue weighted by atomic mass is 15.3. The van der Waals surface area contributed by atoms with Gasteiger partial charge in [0.2, 0.25) is 0 Å². The lowest BCUT2D eigenvalue weighted by atomic mass is 10.4. The van der Waals surface area contributed by atoms with Crippen molar-refractivity contribution in [1.29, 1.82) is 0 Å². The van der Waals surface area contributed by atoms with Crippen LogP contribution in [0.1, 0.15) is 13.8 Å². The average Bonchev–Trinajstić information content (AvgIpc) is 2.82. The molecule has 0 aliphatic heterocycles. The van der Waals surface area contributed by atoms with Gasteiger partial charge in [0.25, 0.3) is 0 Å². The normalized spacial score (nSPS) is 10.9. The van der Waals surface area contributed by atoms with Gasteiger partial charge in [-0.25, -0.2) is 9.50 Å². The van der Waals surface area contributed by atoms with Crippen LogP contribution in [0.2, 0.25) is 0 Å². The van der Waals surface area contributed by atoms with E-state index in [0.29, 0.717) is 0 Å². The molecule has 2 heterocycles. The van der Waals surface area contributed by atoms with Gasteiger partial charge in [0.05, 0.1) is 6.20 Å². The Kier molecular flexibility index (Phi) is 3.93. The summed E-state index contributed by atoms with van der Waals surface area (Å²) in [5.74, 6) is 1.01. The van der Waals surface area contributed by atoms with Crippen molar-refractivity contribution in [2.24, 2.45) is 0 Å². The van der Waals surface area contributed by atoms with Crippen molar-refractivity contribution in [3.8, 4) is 0 Å². The van der Waals surface area contributed by atoms with E-state index in [4.69, 9.17) is 0 Å². The quantitative estimate of drug-likeness (QED) is 0.761. The Bertz CT molecular complexity index is 465. The molecule has 0 amide bonds. The second kappa shape index (κ2) is 5.63. The van der Waals surface area contributed by atoms with Crippen molar-refractivity contribution in [2.75, 3.05) is 31.1 Å². The summed E-state index contributed by atoms with van der Waals surface area (Å²) >= 11 is 0. The molecule has 0 saturated carbocycles. The number of fused-ring (bicyclic) bond motifs is 1. The van der Waals surface area contributed by atoms with E-state index >= 15 is 0 Å². The predicted octanol–water partition coefficient (Wildman–Crippen LogP) is 1.17. The Balaban J connectivity index is 2.11. The molecule has 0 aliphatic rings. The highest BCUT2D eigenvalue weighted by Crippen LogP contribution is 2.11. The molecule has 0 saturated heterocycles. The van der Waals surface area contributed by atoms with Crippen LogP contribution >= 0.6 is 0 Å². The van der Waals surface area contributed by atoms with E-state index < -0.39 is 0 Å². The SMILES string of the molecule is CCNCCN(CC)c1ccn2nccc2n1. The van der Waals surface area contributed by atoms with Gasteiger partial charge in [-0.3, -0.25) is 0 Å². The third kappa shape index (κ3) is 2.74. The molecular weight excluding hydrogens is 214 g/mol. The minimum absolute atomic E-state index is 0.893. The number of likely N-dealkylation sites (N-methyl/N-ethyl adjacent to an activating group) is 2. The maximum atomic E-state index is 4.58. The van der Waals surface area contributed by atoms with Crippen molar-refractivity contribution < 1.29 is 0 Å². The van der Waals surface area contributed by atoms with E-state index in [1.54, 1.807) is 10.7 Å². The van der Waals surface area contributed by atoms with E-state index in [1.165, 1.54) is 0 Å². The average molecular weight is 233 g/mol. The summed E-state index contributed by atoms with van der Waals surface area (Å²) < 4.78 is 1.78. The largest absolute Gasteiger partial charge is 0.356 e. The molecule has 0 radical (unpaired) electrons. The van der Waals surface area contributed by atoms with Crippen LogP contribution in [-0.2, 0) is 0 Å². The Morgan fingerprint density at radius 3 is 3.00 bits per heavy atom. The molecule has 0 aliphatic carbocycles. The Hall–Kier alpha value is -1.62. The molecule has 0 atom stereocenters. The molecule has 0 spiro atoms. The second-order valence-electron chi connectivity index (χ2n) is 3.85. The summed E-state index contributed by atoms with van der Waals surface area (Å²) in [6.45, 7) is 8.19. The lowest BCUT2D eigenvalue weighted by molar-refractivity contribution is 0.683. The molecule has 2 aromatic heterocycles. The lowest BCUT2D eigenvalue weighted by Gasteiger charge is -2.21. The van der Waals surface area contributed by atoms with Crippen molar-refractivity contribution in [3.63, 3.8) is 0 Å². The zero-order chi connectivity index (χ0) is 12.1. The number of hydrogen-bond acceptors (Lipinski definition) is 4. The second-order valence-corrected chi connectivity index (χ2v) is 3.85. The first-order valence-electron chi connectivity index (χ1n) is 6.11. The van der Waals surface area contributed by atoms with Gasteiger partial charge in [0, 0.05) is 31.9 Å². The zero-order valence-electron chi connectivity index (χ0n) is 10.4. The topological polar surface area (TPSA) is 45.5 Å². The van der Waals surface area contributed by atoms with Crippen molar-refractivity contribution in [2.45, 2.75) is 13.8 Å². The van der Waals surface area contributed by atoms with E-state index in [2.05, 4.69) is 34.1 Å². The number of nitrogens with one attached hydrogen (secondary N) is 1. The van der Waals surface area contributed by atoms with Gasteiger partial charge in [0.15, 0.2) is 5.65 Å². The predicted molar refractivity (Wildman–Crippen MR) is 69.4 cm³/mol. The molecule has 0 bridgehead atoms. The molecule has 0 aromatic carbocycles. The molecule has 5 heteroatoms. The van der Waals surface area contributed by atoms with Crippen LogP contribution in [0.15, 0.2) is 24.5 Å². The maximum absolute atomic E-state index is 4.58. The smallest absolute Gasteiger partial charge is 0.157 e. The van der Waals surface area contributed by atoms with Crippen molar-refractivity contribution in [3.05, 3.63) is 24.5 Å². The molecular formula is C12H19N5. The fourth-order valence-corrected chi connectivity index (χ4v) is 1.80. The maximum Gasteiger partial charge on any atom is 0.157 e. The van der Waals surface area contributed by atoms with Gasteiger partial charge < -0.3 is 10.2 Å². The summed E-state index contributed by atoms with van der Waals surface area (Å²) in [6.07, 6.45) is 3.72. The third-order valence-electron chi connectivity index (χ3n) is 2.76. The molecule has 17 heavy (non-hydrogen) atoms. The Labute approximate surface area is 101 Å². The van der Waals surface area contributed by atoms with Crippen LogP contribution in [0.25, 0.3) is 5.65 Å². The minimum atomic E-state index is 0.893. The number of nitrogens with zero attached hydrogens (tertiary/aromatic N) is 4. The number of hydrogen-bond donors (Lipinski definition) is 1. The Morgan fingerprint density at radius 1 is 1.35 bits per heavy atom. The van der Waals surface area contributed by atoms with Crippen LogP contribution in [0.3, 0.4) is 0 Å². The van der Waals surface area contributed by atoms with Gasteiger partial charge in [-0.15, -0.1) is 0 Å². The van der Waals surface area contributed by atoms with E-state index in [0.717, 1.165) is 37.6 Å². The number of aromatic nitrogens is 3. The van der Waals surface area contributed by atoms with Crippen molar-refractivity contribution in [1.82, 2.24) is 19.9 Å². The molecule has 0 fully saturated rings. The van der Waals surface area contributed by atoms with Gasteiger partial charge >= 0.3 is 0 Å². The summed E-state index contributed by atoms with van der Waals surface area (Å²) in [5, 5.41) is 7.47. The zero-order valence-corrected chi connectivity index (χ0v) is 10.4. The molecule has 2 rings (SSSR count). The van der Waals surface area contributed by atoms with Gasteiger partial charge in [0.1, 0.15) is 5.82 Å². The monoisotopic (exact) mass is 233 g/mol. The summed E-state index contributed by atoms with van der Waals surface area (Å²) in [7, 11) is 0. The fourth-order valence-electron chi connectivity index (χ4n) is 1.80. The first-order valence-corrected chi connectivity index (χ1v) is 6.11. The molecule has 5 nitrogen and oxygen atoms in total. The van der Waals surface area contributed by atoms with Crippen LogP contribution in [0, 0.1) is 0 Å². The van der Waals surface area contributed by atoms with Crippen LogP contribution in [-0.4, -0.2) is 40.8 Å². The van der Waals surface area contributed by atoms with Gasteiger partial charge in [-0.05, 0) is 19.5 Å². The molecule has 92 valence electrons. The summed E-state index contributed by atoms with van der Waals surface area (Å²) in [6, 6.07) is 3.93. The van der Waals surface area contributed by atoms with Crippen LogP contribution < -0.4 is 10.2 Å². The summed E-state index contributed by atoms with van der Waals surface area (Å²) in [4.78, 5) is 6.84. The summed E-state index contributed by atoms with van der Waals surface area (Å²) in [5.41, 5.74) is 0.893. The first-order chi connectivity index (χ1) is 8.35. The molecule has 2 aromatic rings. The first kappa shape index (κ1) is 11.9. The van der Waals surface area contributed by atoms with Gasteiger partial charge in [-0.1, -0.05) is 6.92 Å². The molecule has 0 unspecified atom stereocenters. The van der Waals surface area contributed by atoms with E-state index in [1.807, 2.05) is 18.3 Å². The number of rotatable bonds is 6.